The van der Waals surface area contributed by atoms with Gasteiger partial charge < -0.3 is 14.4 Å². The molecule has 0 aromatic carbocycles. The molecule has 1 unspecified atom stereocenters. The molecule has 9 nitrogen and oxygen atoms in total. The van der Waals surface area contributed by atoms with Crippen molar-refractivity contribution in [1.29, 1.82) is 0 Å². The van der Waals surface area contributed by atoms with Gasteiger partial charge in [0, 0.05) is 19.3 Å². The van der Waals surface area contributed by atoms with Gasteiger partial charge in [-0.05, 0) is 31.9 Å². The van der Waals surface area contributed by atoms with Crippen molar-refractivity contribution in [2.24, 2.45) is 0 Å². The smallest absolute Gasteiger partial charge is 0.486 e. The van der Waals surface area contributed by atoms with E-state index >= 15 is 0 Å². The van der Waals surface area contributed by atoms with Crippen LogP contribution in [-0.4, -0.2) is 56.3 Å². The Balaban J connectivity index is 0.000000339. The van der Waals surface area contributed by atoms with Gasteiger partial charge >= 0.3 is 12.1 Å². The molecule has 4 rings (SSSR count). The van der Waals surface area contributed by atoms with Gasteiger partial charge in [-0.1, -0.05) is 0 Å². The van der Waals surface area contributed by atoms with E-state index in [9.17, 15) is 21.6 Å². The Morgan fingerprint density at radius 2 is 1.97 bits per heavy atom. The molecule has 13 heteroatoms. The highest BCUT2D eigenvalue weighted by molar-refractivity contribution is 7.90. The Labute approximate surface area is 176 Å². The highest BCUT2D eigenvalue weighted by Crippen LogP contribution is 2.36. The van der Waals surface area contributed by atoms with E-state index in [4.69, 9.17) is 14.6 Å². The fourth-order valence-corrected chi connectivity index (χ4v) is 5.14. The number of carboxylic acids is 1. The van der Waals surface area contributed by atoms with Gasteiger partial charge in [0.2, 0.25) is 10.0 Å². The third-order valence-corrected chi connectivity index (χ3v) is 7.32. The number of carbonyl (C=O) groups is 1. The second kappa shape index (κ2) is 8.83. The summed E-state index contributed by atoms with van der Waals surface area (Å²) >= 11 is 0. The molecule has 0 saturated heterocycles. The Morgan fingerprint density at radius 3 is 2.52 bits per heavy atom. The van der Waals surface area contributed by atoms with E-state index in [0.717, 1.165) is 24.4 Å². The van der Waals surface area contributed by atoms with E-state index in [0.29, 0.717) is 25.4 Å². The zero-order valence-corrected chi connectivity index (χ0v) is 17.3. The molecule has 170 valence electrons. The highest BCUT2D eigenvalue weighted by atomic mass is 32.2. The number of halogens is 3. The summed E-state index contributed by atoms with van der Waals surface area (Å²) in [5.41, 5.74) is 0.948. The minimum Gasteiger partial charge on any atom is -0.486 e. The zero-order valence-electron chi connectivity index (χ0n) is 16.5. The molecule has 2 aromatic rings. The number of fused-ring (bicyclic) bond motifs is 1. The van der Waals surface area contributed by atoms with Gasteiger partial charge in [-0.25, -0.2) is 18.2 Å². The van der Waals surface area contributed by atoms with Crippen LogP contribution in [-0.2, 0) is 28.0 Å². The molecule has 0 spiro atoms. The van der Waals surface area contributed by atoms with Crippen LogP contribution < -0.4 is 4.74 Å². The van der Waals surface area contributed by atoms with Crippen LogP contribution in [0.4, 0.5) is 13.2 Å². The van der Waals surface area contributed by atoms with Crippen LogP contribution >= 0.6 is 0 Å². The van der Waals surface area contributed by atoms with Gasteiger partial charge in [-0.2, -0.15) is 17.5 Å². The molecule has 31 heavy (non-hydrogen) atoms. The van der Waals surface area contributed by atoms with E-state index in [2.05, 4.69) is 14.5 Å². The lowest BCUT2D eigenvalue weighted by atomic mass is 10.2. The number of alkyl halides is 3. The van der Waals surface area contributed by atoms with Crippen molar-refractivity contribution >= 4 is 16.0 Å². The second-order valence-electron chi connectivity index (χ2n) is 7.07. The summed E-state index contributed by atoms with van der Waals surface area (Å²) in [4.78, 5) is 17.4. The molecule has 2 aliphatic rings. The number of pyridine rings is 1. The fraction of sp³-hybridized carbons (Fsp3) is 0.500. The number of hydrogen-bond donors (Lipinski definition) is 1. The van der Waals surface area contributed by atoms with Gasteiger partial charge in [-0.15, -0.1) is 0 Å². The number of ether oxygens (including phenoxy) is 1. The maximum atomic E-state index is 12.5. The molecule has 0 radical (unpaired) electrons. The predicted octanol–water partition coefficient (Wildman–Crippen LogP) is 2.36. The number of aromatic nitrogens is 3. The number of carboxylic acid groups (broad SMARTS) is 1. The number of imidazole rings is 1. The lowest BCUT2D eigenvalue weighted by Crippen LogP contribution is -2.43. The van der Waals surface area contributed by atoms with Crippen LogP contribution in [0.15, 0.2) is 30.7 Å². The van der Waals surface area contributed by atoms with Gasteiger partial charge in [0.15, 0.2) is 0 Å². The van der Waals surface area contributed by atoms with Crippen molar-refractivity contribution in [2.45, 2.75) is 50.4 Å². The van der Waals surface area contributed by atoms with E-state index in [-0.39, 0.29) is 11.3 Å². The van der Waals surface area contributed by atoms with Crippen molar-refractivity contribution in [3.05, 3.63) is 42.2 Å². The van der Waals surface area contributed by atoms with Gasteiger partial charge in [0.25, 0.3) is 0 Å². The number of rotatable bonds is 5. The molecular formula is C18H21F3N4O5S. The molecule has 1 atom stereocenters. The fourth-order valence-electron chi connectivity index (χ4n) is 3.15. The summed E-state index contributed by atoms with van der Waals surface area (Å²) in [7, 11) is -3.19. The standard InChI is InChI=1S/C16H20N4O3S.C2HF3O2/c1-12-16-18-9-13(11-23-14-3-2-6-17-10-14)19(16)7-8-20(12)24(21,22)15-4-5-15;3-2(4,5)1(6)7/h2-3,6,9-10,12,15H,4-5,7-8,11H2,1H3;(H,6,7). The molecule has 1 aliphatic carbocycles. The Morgan fingerprint density at radius 1 is 1.29 bits per heavy atom. The van der Waals surface area contributed by atoms with Crippen molar-refractivity contribution in [1.82, 2.24) is 18.8 Å². The van der Waals surface area contributed by atoms with Crippen molar-refractivity contribution in [3.63, 3.8) is 0 Å². The minimum absolute atomic E-state index is 0.185. The summed E-state index contributed by atoms with van der Waals surface area (Å²) in [6.45, 7) is 3.39. The minimum atomic E-state index is -5.08. The highest BCUT2D eigenvalue weighted by Gasteiger charge is 2.44. The average molecular weight is 462 g/mol. The molecule has 2 aromatic heterocycles. The van der Waals surface area contributed by atoms with Crippen LogP contribution in [0.25, 0.3) is 0 Å². The van der Waals surface area contributed by atoms with E-state index in [1.807, 2.05) is 19.1 Å². The van der Waals surface area contributed by atoms with Crippen LogP contribution in [0, 0.1) is 0 Å². The molecule has 0 amide bonds. The van der Waals surface area contributed by atoms with Crippen molar-refractivity contribution < 1.29 is 36.2 Å². The summed E-state index contributed by atoms with van der Waals surface area (Å²) in [6.07, 6.45) is 1.62. The first-order chi connectivity index (χ1) is 14.5. The lowest BCUT2D eigenvalue weighted by molar-refractivity contribution is -0.192. The number of sulfonamides is 1. The van der Waals surface area contributed by atoms with Gasteiger partial charge in [0.1, 0.15) is 18.2 Å². The monoisotopic (exact) mass is 462 g/mol. The summed E-state index contributed by atoms with van der Waals surface area (Å²) in [6, 6.07) is 3.44. The topological polar surface area (TPSA) is 115 Å². The molecule has 1 aliphatic heterocycles. The number of hydrogen-bond acceptors (Lipinski definition) is 6. The van der Waals surface area contributed by atoms with E-state index < -0.39 is 22.2 Å². The maximum absolute atomic E-state index is 12.5. The van der Waals surface area contributed by atoms with Gasteiger partial charge in [-0.3, -0.25) is 4.98 Å². The van der Waals surface area contributed by atoms with Gasteiger partial charge in [0.05, 0.1) is 29.4 Å². The van der Waals surface area contributed by atoms with E-state index in [1.54, 1.807) is 22.9 Å². The first-order valence-electron chi connectivity index (χ1n) is 9.39. The number of nitrogens with zero attached hydrogens (tertiary/aromatic N) is 4. The SMILES string of the molecule is CC1c2ncc(COc3cccnc3)n2CCN1S(=O)(=O)C1CC1.O=C(O)C(F)(F)F. The quantitative estimate of drug-likeness (QED) is 0.725. The van der Waals surface area contributed by atoms with E-state index in [1.165, 1.54) is 0 Å². The van der Waals surface area contributed by atoms with Crippen LogP contribution in [0.5, 0.6) is 5.75 Å². The molecule has 1 saturated carbocycles. The molecule has 0 bridgehead atoms. The summed E-state index contributed by atoms with van der Waals surface area (Å²) in [5, 5.41) is 6.94. The molecule has 1 fully saturated rings. The molecule has 3 heterocycles. The Bertz CT molecular complexity index is 1020. The third-order valence-electron chi connectivity index (χ3n) is 4.85. The van der Waals surface area contributed by atoms with Crippen molar-refractivity contribution in [2.75, 3.05) is 6.54 Å². The zero-order chi connectivity index (χ0) is 22.8. The Kier molecular flexibility index (Phi) is 6.55. The second-order valence-corrected chi connectivity index (χ2v) is 9.24. The summed E-state index contributed by atoms with van der Waals surface area (Å²) < 4.78 is 66.2. The maximum Gasteiger partial charge on any atom is 0.490 e. The van der Waals surface area contributed by atoms with Crippen LogP contribution in [0.2, 0.25) is 0 Å². The molecule has 1 N–H and O–H groups in total. The summed E-state index contributed by atoms with van der Waals surface area (Å²) in [5.74, 6) is -1.27. The lowest BCUT2D eigenvalue weighted by Gasteiger charge is -2.33. The third kappa shape index (κ3) is 5.34. The predicted molar refractivity (Wildman–Crippen MR) is 102 cm³/mol. The molecular weight excluding hydrogens is 441 g/mol. The van der Waals surface area contributed by atoms with Crippen LogP contribution in [0.3, 0.4) is 0 Å². The number of aliphatic carboxylic acids is 1. The van der Waals surface area contributed by atoms with Crippen LogP contribution in [0.1, 0.15) is 37.3 Å². The first-order valence-corrected chi connectivity index (χ1v) is 10.9. The largest absolute Gasteiger partial charge is 0.490 e. The Hall–Kier alpha value is -2.67. The first kappa shape index (κ1) is 23.0. The van der Waals surface area contributed by atoms with Crippen molar-refractivity contribution in [3.8, 4) is 5.75 Å². The average Bonchev–Trinajstić information content (AvgIpc) is 3.49. The normalized spacial score (nSPS) is 19.2.